The Hall–Kier alpha value is -8.41. The molecule has 12 aromatic rings. The Bertz CT molecular complexity index is 3590. The van der Waals surface area contributed by atoms with Crippen LogP contribution in [0.4, 0.5) is 0 Å². The first-order chi connectivity index (χ1) is 30.7. The van der Waals surface area contributed by atoms with Crippen LogP contribution in [0.3, 0.4) is 0 Å². The maximum absolute atomic E-state index is 6.75. The van der Waals surface area contributed by atoms with Crippen LogP contribution in [0.1, 0.15) is 0 Å². The third kappa shape index (κ3) is 6.14. The first-order valence-electron chi connectivity index (χ1n) is 20.7. The molecule has 4 heterocycles. The van der Waals surface area contributed by atoms with Gasteiger partial charge in [-0.25, -0.2) is 9.97 Å². The van der Waals surface area contributed by atoms with Crippen LogP contribution in [0.15, 0.2) is 221 Å². The number of benzene rings is 8. The predicted molar refractivity (Wildman–Crippen MR) is 252 cm³/mol. The molecule has 62 heavy (non-hydrogen) atoms. The molecule has 0 radical (unpaired) electrons. The SMILES string of the molecule is c1ccc(-c2cc(-c3ccc(-c4ccc(-c5cccc6oc7ccccc7c56)c5oc6ccccc6c45)cc3)nc(-c3ccc(-c4ccc(-c5cccnc5)cc4)cc3)n2)cc1. The second kappa shape index (κ2) is 14.7. The molecular weight excluding hydrogens is 759 g/mol. The lowest BCUT2D eigenvalue weighted by Crippen LogP contribution is -1.96. The number of para-hydroxylation sites is 2. The summed E-state index contributed by atoms with van der Waals surface area (Å²) in [4.78, 5) is 14.6. The van der Waals surface area contributed by atoms with Crippen molar-refractivity contribution >= 4 is 43.9 Å². The zero-order chi connectivity index (χ0) is 41.0. The minimum absolute atomic E-state index is 0.673. The highest BCUT2D eigenvalue weighted by Crippen LogP contribution is 2.45. The van der Waals surface area contributed by atoms with Gasteiger partial charge in [0.25, 0.3) is 0 Å². The first kappa shape index (κ1) is 35.5. The second-order valence-electron chi connectivity index (χ2n) is 15.5. The molecular formula is C57H35N3O2. The van der Waals surface area contributed by atoms with Crippen LogP contribution >= 0.6 is 0 Å². The van der Waals surface area contributed by atoms with E-state index in [2.05, 4.69) is 151 Å². The standard InChI is InChI=1S/C57H35N3O2/c1-2-10-40(11-3-1)49-34-50(60-57(59-49)42-29-23-37(24-30-42)36-19-21-38(22-20-36)43-12-9-33-58-35-43)41-27-25-39(26-28-41)44-31-32-46(56-55(44)48-14-5-7-17-52(48)62-56)45-15-8-18-53-54(45)47-13-4-6-16-51(47)61-53/h1-35H. The van der Waals surface area contributed by atoms with Crippen LogP contribution in [0, 0.1) is 0 Å². The van der Waals surface area contributed by atoms with Gasteiger partial charge in [-0.1, -0.05) is 164 Å². The van der Waals surface area contributed by atoms with Crippen molar-refractivity contribution in [3.63, 3.8) is 0 Å². The molecule has 0 atom stereocenters. The summed E-state index contributed by atoms with van der Waals surface area (Å²) >= 11 is 0. The Kier molecular flexibility index (Phi) is 8.42. The average Bonchev–Trinajstić information content (AvgIpc) is 3.94. The maximum Gasteiger partial charge on any atom is 0.160 e. The van der Waals surface area contributed by atoms with Crippen LogP contribution in [0.5, 0.6) is 0 Å². The number of pyridine rings is 1. The van der Waals surface area contributed by atoms with Crippen LogP contribution in [-0.4, -0.2) is 15.0 Å². The molecule has 0 saturated carbocycles. The topological polar surface area (TPSA) is 65.0 Å². The van der Waals surface area contributed by atoms with Gasteiger partial charge in [-0.05, 0) is 75.3 Å². The van der Waals surface area contributed by atoms with Gasteiger partial charge < -0.3 is 8.83 Å². The fourth-order valence-electron chi connectivity index (χ4n) is 8.78. The Morgan fingerprint density at radius 1 is 0.323 bits per heavy atom. The van der Waals surface area contributed by atoms with Gasteiger partial charge in [-0.2, -0.15) is 0 Å². The minimum Gasteiger partial charge on any atom is -0.456 e. The maximum atomic E-state index is 6.75. The molecule has 0 aliphatic rings. The lowest BCUT2D eigenvalue weighted by molar-refractivity contribution is 0.668. The lowest BCUT2D eigenvalue weighted by atomic mass is 9.92. The molecule has 12 rings (SSSR count). The predicted octanol–water partition coefficient (Wildman–Crippen LogP) is 15.3. The average molecular weight is 794 g/mol. The van der Waals surface area contributed by atoms with Crippen molar-refractivity contribution < 1.29 is 8.83 Å². The number of hydrogen-bond acceptors (Lipinski definition) is 5. The second-order valence-corrected chi connectivity index (χ2v) is 15.5. The molecule has 0 unspecified atom stereocenters. The van der Waals surface area contributed by atoms with Crippen LogP contribution in [0.25, 0.3) is 122 Å². The Balaban J connectivity index is 0.924. The largest absolute Gasteiger partial charge is 0.456 e. The number of rotatable bonds is 7. The van der Waals surface area contributed by atoms with Crippen molar-refractivity contribution in [1.29, 1.82) is 0 Å². The monoisotopic (exact) mass is 793 g/mol. The van der Waals surface area contributed by atoms with Crippen LogP contribution in [0.2, 0.25) is 0 Å². The van der Waals surface area contributed by atoms with Crippen LogP contribution in [-0.2, 0) is 0 Å². The van der Waals surface area contributed by atoms with Crippen LogP contribution < -0.4 is 0 Å². The van der Waals surface area contributed by atoms with E-state index >= 15 is 0 Å². The van der Waals surface area contributed by atoms with Gasteiger partial charge in [-0.3, -0.25) is 4.98 Å². The molecule has 4 aromatic heterocycles. The molecule has 0 spiro atoms. The third-order valence-corrected chi connectivity index (χ3v) is 11.9. The third-order valence-electron chi connectivity index (χ3n) is 11.9. The molecule has 0 aliphatic heterocycles. The van der Waals surface area contributed by atoms with Gasteiger partial charge in [0.15, 0.2) is 5.82 Å². The molecule has 0 aliphatic carbocycles. The Morgan fingerprint density at radius 3 is 1.55 bits per heavy atom. The number of nitrogens with zero attached hydrogens (tertiary/aromatic N) is 3. The fourth-order valence-corrected chi connectivity index (χ4v) is 8.78. The summed E-state index contributed by atoms with van der Waals surface area (Å²) in [5.74, 6) is 0.673. The van der Waals surface area contributed by atoms with Crippen molar-refractivity contribution in [2.24, 2.45) is 0 Å². The number of fused-ring (bicyclic) bond motifs is 6. The van der Waals surface area contributed by atoms with Gasteiger partial charge >= 0.3 is 0 Å². The van der Waals surface area contributed by atoms with E-state index in [-0.39, 0.29) is 0 Å². The molecule has 5 heteroatoms. The van der Waals surface area contributed by atoms with Crippen molar-refractivity contribution in [3.8, 4) is 78.4 Å². The number of furan rings is 2. The first-order valence-corrected chi connectivity index (χ1v) is 20.7. The zero-order valence-corrected chi connectivity index (χ0v) is 33.4. The lowest BCUT2D eigenvalue weighted by Gasteiger charge is -2.12. The highest BCUT2D eigenvalue weighted by molar-refractivity contribution is 6.20. The van der Waals surface area contributed by atoms with E-state index in [1.54, 1.807) is 6.20 Å². The minimum atomic E-state index is 0.673. The van der Waals surface area contributed by atoms with E-state index in [4.69, 9.17) is 18.8 Å². The number of hydrogen-bond donors (Lipinski definition) is 0. The molecule has 0 fully saturated rings. The summed E-state index contributed by atoms with van der Waals surface area (Å²) in [6.07, 6.45) is 3.69. The Morgan fingerprint density at radius 2 is 0.855 bits per heavy atom. The van der Waals surface area contributed by atoms with Gasteiger partial charge in [0.2, 0.25) is 0 Å². The number of aromatic nitrogens is 3. The quantitative estimate of drug-likeness (QED) is 0.161. The highest BCUT2D eigenvalue weighted by Gasteiger charge is 2.21. The van der Waals surface area contributed by atoms with E-state index < -0.39 is 0 Å². The zero-order valence-electron chi connectivity index (χ0n) is 33.4. The van der Waals surface area contributed by atoms with Gasteiger partial charge in [0.1, 0.15) is 22.3 Å². The van der Waals surface area contributed by atoms with E-state index in [0.717, 1.165) is 116 Å². The normalized spacial score (nSPS) is 11.5. The van der Waals surface area contributed by atoms with Crippen molar-refractivity contribution in [1.82, 2.24) is 15.0 Å². The van der Waals surface area contributed by atoms with E-state index in [1.807, 2.05) is 60.8 Å². The molecule has 290 valence electrons. The molecule has 8 aromatic carbocycles. The van der Waals surface area contributed by atoms with E-state index in [0.29, 0.717) is 5.82 Å². The molecule has 0 amide bonds. The molecule has 0 bridgehead atoms. The highest BCUT2D eigenvalue weighted by atomic mass is 16.3. The molecule has 0 saturated heterocycles. The van der Waals surface area contributed by atoms with Gasteiger partial charge in [0.05, 0.1) is 11.4 Å². The van der Waals surface area contributed by atoms with E-state index in [1.165, 1.54) is 0 Å². The van der Waals surface area contributed by atoms with E-state index in [9.17, 15) is 0 Å². The smallest absolute Gasteiger partial charge is 0.160 e. The molecule has 5 nitrogen and oxygen atoms in total. The van der Waals surface area contributed by atoms with Crippen molar-refractivity contribution in [3.05, 3.63) is 213 Å². The summed E-state index contributed by atoms with van der Waals surface area (Å²) < 4.78 is 13.0. The summed E-state index contributed by atoms with van der Waals surface area (Å²) in [5.41, 5.74) is 16.9. The molecule has 0 N–H and O–H groups in total. The van der Waals surface area contributed by atoms with Crippen molar-refractivity contribution in [2.45, 2.75) is 0 Å². The van der Waals surface area contributed by atoms with Gasteiger partial charge in [-0.15, -0.1) is 0 Å². The Labute approximate surface area is 357 Å². The summed E-state index contributed by atoms with van der Waals surface area (Å²) in [7, 11) is 0. The summed E-state index contributed by atoms with van der Waals surface area (Å²) in [6.45, 7) is 0. The van der Waals surface area contributed by atoms with Crippen molar-refractivity contribution in [2.75, 3.05) is 0 Å². The fraction of sp³-hybridized carbons (Fsp3) is 0. The summed E-state index contributed by atoms with van der Waals surface area (Å²) in [5, 5.41) is 4.34. The van der Waals surface area contributed by atoms with Gasteiger partial charge in [0, 0.05) is 56.2 Å². The summed E-state index contributed by atoms with van der Waals surface area (Å²) in [6, 6.07) is 69.4.